The predicted octanol–water partition coefficient (Wildman–Crippen LogP) is 1.53. The van der Waals surface area contributed by atoms with Crippen LogP contribution < -0.4 is 5.32 Å². The van der Waals surface area contributed by atoms with Gasteiger partial charge >= 0.3 is 0 Å². The van der Waals surface area contributed by atoms with Crippen molar-refractivity contribution in [3.05, 3.63) is 16.5 Å². The summed E-state index contributed by atoms with van der Waals surface area (Å²) in [6.07, 6.45) is 3.92. The quantitative estimate of drug-likeness (QED) is 0.910. The third-order valence-corrected chi connectivity index (χ3v) is 4.22. The van der Waals surface area contributed by atoms with E-state index in [0.717, 1.165) is 25.6 Å². The summed E-state index contributed by atoms with van der Waals surface area (Å²) in [7, 11) is 0. The van der Waals surface area contributed by atoms with Crippen molar-refractivity contribution >= 4 is 17.5 Å². The first-order chi connectivity index (χ1) is 9.13. The van der Waals surface area contributed by atoms with E-state index in [9.17, 15) is 4.79 Å². The van der Waals surface area contributed by atoms with Gasteiger partial charge in [0.15, 0.2) is 0 Å². The maximum Gasteiger partial charge on any atom is 0.229 e. The van der Waals surface area contributed by atoms with E-state index in [1.165, 1.54) is 12.8 Å². The molecule has 1 aliphatic heterocycles. The van der Waals surface area contributed by atoms with Crippen molar-refractivity contribution in [1.29, 1.82) is 0 Å². The molecule has 0 aromatic carbocycles. The fourth-order valence-corrected chi connectivity index (χ4v) is 2.91. The van der Waals surface area contributed by atoms with E-state index < -0.39 is 0 Å². The van der Waals surface area contributed by atoms with E-state index in [4.69, 9.17) is 16.1 Å². The molecule has 0 bridgehead atoms. The zero-order chi connectivity index (χ0) is 13.4. The van der Waals surface area contributed by atoms with Crippen LogP contribution in [0.3, 0.4) is 0 Å². The van der Waals surface area contributed by atoms with Gasteiger partial charge in [-0.15, -0.1) is 0 Å². The average molecular weight is 284 g/mol. The molecule has 19 heavy (non-hydrogen) atoms. The number of nitrogens with zero attached hydrogens (tertiary/aromatic N) is 2. The smallest absolute Gasteiger partial charge is 0.229 e. The van der Waals surface area contributed by atoms with Gasteiger partial charge in [0.05, 0.1) is 12.1 Å². The zero-order valence-electron chi connectivity index (χ0n) is 11.0. The molecular formula is C13H18ClN3O2. The highest BCUT2D eigenvalue weighted by molar-refractivity contribution is 6.29. The van der Waals surface area contributed by atoms with E-state index >= 15 is 0 Å². The number of carbonyl (C=O) groups excluding carboxylic acids is 1. The number of amides is 1. The van der Waals surface area contributed by atoms with Gasteiger partial charge in [0, 0.05) is 30.7 Å². The molecule has 1 saturated carbocycles. The number of carbonyl (C=O) groups is 1. The van der Waals surface area contributed by atoms with Crippen molar-refractivity contribution in [3.8, 4) is 0 Å². The molecular weight excluding hydrogens is 266 g/mol. The summed E-state index contributed by atoms with van der Waals surface area (Å²) in [5.41, 5.74) is 1.38. The molecule has 0 spiro atoms. The summed E-state index contributed by atoms with van der Waals surface area (Å²) in [6.45, 7) is 3.87. The lowest BCUT2D eigenvalue weighted by Gasteiger charge is -2.15. The Hall–Kier alpha value is -1.07. The summed E-state index contributed by atoms with van der Waals surface area (Å²) in [5.74, 6) is -0.00385. The monoisotopic (exact) mass is 283 g/mol. The van der Waals surface area contributed by atoms with E-state index in [1.807, 2.05) is 0 Å². The third kappa shape index (κ3) is 2.92. The minimum Gasteiger partial charge on any atom is -0.352 e. The Morgan fingerprint density at radius 1 is 1.53 bits per heavy atom. The van der Waals surface area contributed by atoms with Crippen molar-refractivity contribution in [1.82, 2.24) is 15.4 Å². The first kappa shape index (κ1) is 12.9. The minimum absolute atomic E-state index is 0.00385. The number of nitrogens with one attached hydrogen (secondary N) is 1. The molecule has 104 valence electrons. The maximum atomic E-state index is 12.0. The Balaban J connectivity index is 1.51. The number of hydrogen-bond acceptors (Lipinski definition) is 4. The zero-order valence-corrected chi connectivity index (χ0v) is 11.7. The van der Waals surface area contributed by atoms with Crippen molar-refractivity contribution in [2.24, 2.45) is 0 Å². The summed E-state index contributed by atoms with van der Waals surface area (Å²) in [6, 6.07) is 1.05. The molecule has 6 heteroatoms. The molecule has 1 atom stereocenters. The number of rotatable bonds is 4. The number of aryl methyl sites for hydroxylation is 1. The highest BCUT2D eigenvalue weighted by atomic mass is 35.5. The summed E-state index contributed by atoms with van der Waals surface area (Å²) >= 11 is 5.86. The Labute approximate surface area is 117 Å². The minimum atomic E-state index is -0.00385. The van der Waals surface area contributed by atoms with Crippen molar-refractivity contribution in [3.63, 3.8) is 0 Å². The molecule has 3 rings (SSSR count). The molecule has 2 fully saturated rings. The molecule has 2 aliphatic rings. The Morgan fingerprint density at radius 2 is 2.32 bits per heavy atom. The van der Waals surface area contributed by atoms with E-state index in [1.54, 1.807) is 6.92 Å². The van der Waals surface area contributed by atoms with Gasteiger partial charge in [-0.3, -0.25) is 9.69 Å². The lowest BCUT2D eigenvalue weighted by Crippen LogP contribution is -2.38. The number of hydrogen-bond donors (Lipinski definition) is 1. The molecule has 2 heterocycles. The molecule has 5 nitrogen and oxygen atoms in total. The van der Waals surface area contributed by atoms with Gasteiger partial charge in [-0.25, -0.2) is 0 Å². The van der Waals surface area contributed by atoms with Crippen LogP contribution in [0.5, 0.6) is 0 Å². The highest BCUT2D eigenvalue weighted by Gasteiger charge is 2.34. The fraction of sp³-hybridized carbons (Fsp3) is 0.692. The topological polar surface area (TPSA) is 58.4 Å². The maximum absolute atomic E-state index is 12.0. The second-order valence-electron chi connectivity index (χ2n) is 5.48. The summed E-state index contributed by atoms with van der Waals surface area (Å²) in [4.78, 5) is 14.5. The Kier molecular flexibility index (Phi) is 3.50. The second-order valence-corrected chi connectivity index (χ2v) is 5.82. The van der Waals surface area contributed by atoms with Crippen LogP contribution in [0.4, 0.5) is 0 Å². The van der Waals surface area contributed by atoms with Crippen molar-refractivity contribution < 1.29 is 9.32 Å². The van der Waals surface area contributed by atoms with Crippen LogP contribution in [0.15, 0.2) is 4.52 Å². The average Bonchev–Trinajstić information content (AvgIpc) is 3.06. The summed E-state index contributed by atoms with van der Waals surface area (Å²) in [5, 5.41) is 7.05. The standard InChI is InChI=1S/C13H18ClN3O2/c1-8-11(13(14)19-16-8)6-12(18)15-9-4-5-17(7-9)10-2-3-10/h9-10H,2-7H2,1H3,(H,15,18)/t9-/m1/s1. The molecule has 1 aromatic rings. The van der Waals surface area contributed by atoms with E-state index in [-0.39, 0.29) is 23.6 Å². The van der Waals surface area contributed by atoms with Gasteiger partial charge in [0.25, 0.3) is 0 Å². The second kappa shape index (κ2) is 5.13. The van der Waals surface area contributed by atoms with Crippen LogP contribution in [-0.2, 0) is 11.2 Å². The van der Waals surface area contributed by atoms with E-state index in [0.29, 0.717) is 11.3 Å². The van der Waals surface area contributed by atoms with Crippen LogP contribution in [0.2, 0.25) is 5.22 Å². The molecule has 0 radical (unpaired) electrons. The van der Waals surface area contributed by atoms with Gasteiger partial charge in [0.1, 0.15) is 0 Å². The highest BCUT2D eigenvalue weighted by Crippen LogP contribution is 2.29. The first-order valence-electron chi connectivity index (χ1n) is 6.77. The van der Waals surface area contributed by atoms with E-state index in [2.05, 4.69) is 15.4 Å². The largest absolute Gasteiger partial charge is 0.352 e. The third-order valence-electron chi connectivity index (χ3n) is 3.92. The van der Waals surface area contributed by atoms with Gasteiger partial charge in [0.2, 0.25) is 11.1 Å². The van der Waals surface area contributed by atoms with Gasteiger partial charge in [-0.05, 0) is 37.8 Å². The SMILES string of the molecule is Cc1noc(Cl)c1CC(=O)N[C@@H]1CCN(C2CC2)C1. The molecule has 1 aliphatic carbocycles. The van der Waals surface area contributed by atoms with Crippen LogP contribution in [0.1, 0.15) is 30.5 Å². The molecule has 1 saturated heterocycles. The van der Waals surface area contributed by atoms with Crippen LogP contribution in [0.25, 0.3) is 0 Å². The number of halogens is 1. The predicted molar refractivity (Wildman–Crippen MR) is 71.1 cm³/mol. The lowest BCUT2D eigenvalue weighted by atomic mass is 10.1. The first-order valence-corrected chi connectivity index (χ1v) is 7.15. The van der Waals surface area contributed by atoms with Crippen molar-refractivity contribution in [2.45, 2.75) is 44.7 Å². The molecule has 1 aromatic heterocycles. The van der Waals surface area contributed by atoms with Crippen LogP contribution >= 0.6 is 11.6 Å². The van der Waals surface area contributed by atoms with Crippen LogP contribution in [-0.4, -0.2) is 41.1 Å². The normalized spacial score (nSPS) is 23.8. The van der Waals surface area contributed by atoms with Crippen molar-refractivity contribution in [2.75, 3.05) is 13.1 Å². The van der Waals surface area contributed by atoms with Gasteiger partial charge in [-0.2, -0.15) is 0 Å². The van der Waals surface area contributed by atoms with Crippen LogP contribution in [0, 0.1) is 6.92 Å². The van der Waals surface area contributed by atoms with Gasteiger partial charge < -0.3 is 9.84 Å². The lowest BCUT2D eigenvalue weighted by molar-refractivity contribution is -0.121. The fourth-order valence-electron chi connectivity index (χ4n) is 2.67. The Bertz CT molecular complexity index is 465. The number of aromatic nitrogens is 1. The number of likely N-dealkylation sites (tertiary alicyclic amines) is 1. The summed E-state index contributed by atoms with van der Waals surface area (Å²) < 4.78 is 4.85. The Morgan fingerprint density at radius 3 is 2.95 bits per heavy atom. The molecule has 1 N–H and O–H groups in total. The molecule has 0 unspecified atom stereocenters. The molecule has 1 amide bonds. The van der Waals surface area contributed by atoms with Gasteiger partial charge in [-0.1, -0.05) is 5.16 Å².